The number of nitrogens with two attached hydrogens (primary N) is 1. The van der Waals surface area contributed by atoms with Gasteiger partial charge in [-0.15, -0.1) is 0 Å². The van der Waals surface area contributed by atoms with E-state index >= 15 is 0 Å². The predicted octanol–water partition coefficient (Wildman–Crippen LogP) is 4.27. The molecule has 0 fully saturated rings. The molecule has 0 unspecified atom stereocenters. The summed E-state index contributed by atoms with van der Waals surface area (Å²) in [6, 6.07) is 15.8. The summed E-state index contributed by atoms with van der Waals surface area (Å²) in [5.74, 6) is 1.34. The fraction of sp³-hybridized carbons (Fsp3) is 0.111. The number of anilines is 3. The smallest absolute Gasteiger partial charge is 0.158 e. The highest BCUT2D eigenvalue weighted by atomic mass is 32.2. The number of benzene rings is 2. The van der Waals surface area contributed by atoms with Gasteiger partial charge in [-0.05, 0) is 31.2 Å². The minimum absolute atomic E-state index is 0.519. The lowest BCUT2D eigenvalue weighted by Gasteiger charge is -2.11. The highest BCUT2D eigenvalue weighted by Gasteiger charge is 2.10. The second kappa shape index (κ2) is 7.23. The number of hydrogen-bond donors (Lipinski definition) is 2. The molecule has 1 heterocycles. The van der Waals surface area contributed by atoms with E-state index < -0.39 is 0 Å². The summed E-state index contributed by atoms with van der Waals surface area (Å²) in [4.78, 5) is 9.62. The number of nitrogens with zero attached hydrogens (tertiary/aromatic N) is 2. The number of aromatic nitrogens is 2. The third-order valence-corrected chi connectivity index (χ3v) is 4.44. The third-order valence-electron chi connectivity index (χ3n) is 3.42. The lowest BCUT2D eigenvalue weighted by Crippen LogP contribution is -2.02. The van der Waals surface area contributed by atoms with Crippen LogP contribution in [-0.2, 0) is 0 Å². The van der Waals surface area contributed by atoms with Crippen LogP contribution in [-0.4, -0.2) is 17.1 Å². The van der Waals surface area contributed by atoms with E-state index in [-0.39, 0.29) is 0 Å². The first-order valence-corrected chi connectivity index (χ1v) is 8.23. The first-order valence-electron chi connectivity index (χ1n) is 7.42. The van der Waals surface area contributed by atoms with Crippen LogP contribution in [0.4, 0.5) is 17.2 Å². The van der Waals surface area contributed by atoms with Crippen molar-refractivity contribution in [2.75, 3.05) is 18.2 Å². The largest absolute Gasteiger partial charge is 0.497 e. The van der Waals surface area contributed by atoms with Crippen LogP contribution < -0.4 is 15.8 Å². The molecule has 0 aliphatic rings. The van der Waals surface area contributed by atoms with Gasteiger partial charge in [-0.1, -0.05) is 35.5 Å². The van der Waals surface area contributed by atoms with E-state index in [2.05, 4.69) is 46.5 Å². The molecule has 122 valence electrons. The van der Waals surface area contributed by atoms with Crippen LogP contribution in [0.1, 0.15) is 5.56 Å². The normalized spacial score (nSPS) is 10.4. The van der Waals surface area contributed by atoms with Crippen LogP contribution in [0.3, 0.4) is 0 Å². The number of nitrogen functional groups attached to an aromatic ring is 1. The number of nitrogens with one attached hydrogen (secondary N) is 1. The van der Waals surface area contributed by atoms with E-state index in [1.54, 1.807) is 7.11 Å². The molecule has 0 saturated carbocycles. The Morgan fingerprint density at radius 3 is 2.62 bits per heavy atom. The van der Waals surface area contributed by atoms with E-state index in [9.17, 15) is 0 Å². The van der Waals surface area contributed by atoms with E-state index in [0.29, 0.717) is 11.5 Å². The minimum Gasteiger partial charge on any atom is -0.497 e. The molecule has 3 rings (SSSR count). The number of aryl methyl sites for hydroxylation is 1. The first kappa shape index (κ1) is 16.1. The highest BCUT2D eigenvalue weighted by Crippen LogP contribution is 2.34. The standard InChI is InChI=1S/C18H18N4OS/c1-12-6-8-15(9-7-12)24-18-16(19)17(20-11-21-18)22-13-4-3-5-14(10-13)23-2/h3-11H,19H2,1-2H3,(H,20,21,22). The number of ether oxygens (including phenoxy) is 1. The second-order valence-electron chi connectivity index (χ2n) is 5.21. The molecule has 3 N–H and O–H groups in total. The van der Waals surface area contributed by atoms with Crippen LogP contribution in [0.15, 0.2) is 64.8 Å². The van der Waals surface area contributed by atoms with Gasteiger partial charge in [0.15, 0.2) is 5.82 Å². The van der Waals surface area contributed by atoms with Crippen LogP contribution in [0.5, 0.6) is 5.75 Å². The van der Waals surface area contributed by atoms with Crippen molar-refractivity contribution in [1.82, 2.24) is 9.97 Å². The van der Waals surface area contributed by atoms with Crippen molar-refractivity contribution in [3.8, 4) is 5.75 Å². The Morgan fingerprint density at radius 2 is 1.88 bits per heavy atom. The third kappa shape index (κ3) is 3.78. The van der Waals surface area contributed by atoms with Crippen LogP contribution >= 0.6 is 11.8 Å². The van der Waals surface area contributed by atoms with Crippen molar-refractivity contribution in [3.63, 3.8) is 0 Å². The van der Waals surface area contributed by atoms with E-state index in [1.807, 2.05) is 24.3 Å². The molecular weight excluding hydrogens is 320 g/mol. The molecule has 5 nitrogen and oxygen atoms in total. The van der Waals surface area contributed by atoms with Crippen molar-refractivity contribution in [2.45, 2.75) is 16.8 Å². The molecule has 0 radical (unpaired) electrons. The number of methoxy groups -OCH3 is 1. The molecule has 0 spiro atoms. The maximum Gasteiger partial charge on any atom is 0.158 e. The summed E-state index contributed by atoms with van der Waals surface area (Å²) >= 11 is 1.51. The Labute approximate surface area is 145 Å². The van der Waals surface area contributed by atoms with Gasteiger partial charge in [-0.25, -0.2) is 9.97 Å². The zero-order valence-corrected chi connectivity index (χ0v) is 14.3. The Hall–Kier alpha value is -2.73. The molecule has 0 bridgehead atoms. The summed E-state index contributed by atoms with van der Waals surface area (Å²) in [6.45, 7) is 2.06. The van der Waals surface area contributed by atoms with E-state index in [1.165, 1.54) is 23.7 Å². The predicted molar refractivity (Wildman–Crippen MR) is 98.0 cm³/mol. The minimum atomic E-state index is 0.519. The summed E-state index contributed by atoms with van der Waals surface area (Å²) in [7, 11) is 1.63. The van der Waals surface area contributed by atoms with Crippen molar-refractivity contribution >= 4 is 29.0 Å². The Morgan fingerprint density at radius 1 is 1.08 bits per heavy atom. The van der Waals surface area contributed by atoms with Gasteiger partial charge in [-0.3, -0.25) is 0 Å². The molecule has 0 amide bonds. The quantitative estimate of drug-likeness (QED) is 0.677. The van der Waals surface area contributed by atoms with Crippen molar-refractivity contribution in [1.29, 1.82) is 0 Å². The Balaban J connectivity index is 1.83. The van der Waals surface area contributed by atoms with E-state index in [4.69, 9.17) is 10.5 Å². The molecule has 1 aromatic heterocycles. The number of hydrogen-bond acceptors (Lipinski definition) is 6. The molecule has 6 heteroatoms. The fourth-order valence-electron chi connectivity index (χ4n) is 2.12. The van der Waals surface area contributed by atoms with Gasteiger partial charge >= 0.3 is 0 Å². The van der Waals surface area contributed by atoms with E-state index in [0.717, 1.165) is 21.4 Å². The van der Waals surface area contributed by atoms with Gasteiger partial charge in [0.05, 0.1) is 7.11 Å². The summed E-state index contributed by atoms with van der Waals surface area (Å²) < 4.78 is 5.23. The molecule has 2 aromatic carbocycles. The molecule has 0 atom stereocenters. The Bertz CT molecular complexity index is 837. The maximum absolute atomic E-state index is 6.24. The highest BCUT2D eigenvalue weighted by molar-refractivity contribution is 7.99. The van der Waals surface area contributed by atoms with Crippen LogP contribution in [0.2, 0.25) is 0 Å². The second-order valence-corrected chi connectivity index (χ2v) is 6.28. The summed E-state index contributed by atoms with van der Waals surface area (Å²) in [5.41, 5.74) is 8.83. The van der Waals surface area contributed by atoms with Gasteiger partial charge < -0.3 is 15.8 Å². The monoisotopic (exact) mass is 338 g/mol. The van der Waals surface area contributed by atoms with Gasteiger partial charge in [0.25, 0.3) is 0 Å². The Kier molecular flexibility index (Phi) is 4.86. The van der Waals surface area contributed by atoms with Crippen molar-refractivity contribution in [3.05, 3.63) is 60.4 Å². The van der Waals surface area contributed by atoms with Crippen LogP contribution in [0.25, 0.3) is 0 Å². The molecule has 0 aliphatic heterocycles. The molecule has 0 saturated heterocycles. The molecule has 0 aliphatic carbocycles. The molecular formula is C18H18N4OS. The molecule has 3 aromatic rings. The topological polar surface area (TPSA) is 73.1 Å². The van der Waals surface area contributed by atoms with Crippen LogP contribution in [0, 0.1) is 6.92 Å². The SMILES string of the molecule is COc1cccc(Nc2ncnc(Sc3ccc(C)cc3)c2N)c1. The lowest BCUT2D eigenvalue weighted by atomic mass is 10.2. The average Bonchev–Trinajstić information content (AvgIpc) is 2.60. The maximum atomic E-state index is 6.24. The molecule has 24 heavy (non-hydrogen) atoms. The van der Waals surface area contributed by atoms with Gasteiger partial charge in [-0.2, -0.15) is 0 Å². The summed E-state index contributed by atoms with van der Waals surface area (Å²) in [5, 5.41) is 3.93. The van der Waals surface area contributed by atoms with Gasteiger partial charge in [0, 0.05) is 16.6 Å². The van der Waals surface area contributed by atoms with Gasteiger partial charge in [0.1, 0.15) is 22.8 Å². The fourth-order valence-corrected chi connectivity index (χ4v) is 2.92. The van der Waals surface area contributed by atoms with Gasteiger partial charge in [0.2, 0.25) is 0 Å². The lowest BCUT2D eigenvalue weighted by molar-refractivity contribution is 0.415. The van der Waals surface area contributed by atoms with Crippen molar-refractivity contribution < 1.29 is 4.74 Å². The zero-order valence-electron chi connectivity index (χ0n) is 13.5. The summed E-state index contributed by atoms with van der Waals surface area (Å²) in [6.07, 6.45) is 1.51. The average molecular weight is 338 g/mol. The first-order chi connectivity index (χ1) is 11.7. The zero-order chi connectivity index (χ0) is 16.9. The van der Waals surface area contributed by atoms with Crippen molar-refractivity contribution in [2.24, 2.45) is 0 Å². The number of rotatable bonds is 5.